The molecule has 1 aromatic carbocycles. The Kier molecular flexibility index (Phi) is 5.84. The van der Waals surface area contributed by atoms with E-state index >= 15 is 0 Å². The number of nitrogens with one attached hydrogen (secondary N) is 1. The number of thiocarbonyl (C=S) groups is 1. The van der Waals surface area contributed by atoms with Crippen LogP contribution in [0.25, 0.3) is 6.08 Å². The molecule has 3 heterocycles. The second kappa shape index (κ2) is 8.52. The van der Waals surface area contributed by atoms with Gasteiger partial charge in [-0.2, -0.15) is 5.10 Å². The van der Waals surface area contributed by atoms with Crippen LogP contribution in [-0.4, -0.2) is 52.1 Å². The van der Waals surface area contributed by atoms with Gasteiger partial charge in [0, 0.05) is 18.4 Å². The van der Waals surface area contributed by atoms with Crippen LogP contribution in [0.15, 0.2) is 36.3 Å². The van der Waals surface area contributed by atoms with Crippen LogP contribution >= 0.6 is 23.8 Å². The van der Waals surface area contributed by atoms with Gasteiger partial charge in [0.15, 0.2) is 5.11 Å². The van der Waals surface area contributed by atoms with E-state index < -0.39 is 0 Å². The first-order valence-electron chi connectivity index (χ1n) is 9.34. The third-order valence-corrected chi connectivity index (χ3v) is 5.44. The number of methoxy groups -OCH3 is 1. The van der Waals surface area contributed by atoms with E-state index in [1.54, 1.807) is 35.2 Å². The molecule has 9 heteroatoms. The largest absolute Gasteiger partial charge is 0.496 e. The number of hydrogen-bond acceptors (Lipinski definition) is 5. The number of carbonyl (C=O) groups excluding carboxylic acids is 1. The van der Waals surface area contributed by atoms with Gasteiger partial charge < -0.3 is 14.8 Å². The maximum Gasteiger partial charge on any atom is 0.276 e. The van der Waals surface area contributed by atoms with Crippen LogP contribution in [-0.2, 0) is 16.1 Å². The molecular formula is C20H21ClN4O3S. The minimum absolute atomic E-state index is 0.0477. The summed E-state index contributed by atoms with van der Waals surface area (Å²) in [7, 11) is 1.62. The monoisotopic (exact) mass is 432 g/mol. The SMILES string of the molecule is COc1ccc(/C=C2/NC(=S)N(CC3CCCO3)C2=O)cc1Cn1cc(Cl)cn1. The maximum absolute atomic E-state index is 12.8. The Balaban J connectivity index is 1.54. The van der Waals surface area contributed by atoms with Gasteiger partial charge in [-0.25, -0.2) is 0 Å². The van der Waals surface area contributed by atoms with E-state index in [0.29, 0.717) is 28.9 Å². The summed E-state index contributed by atoms with van der Waals surface area (Å²) in [5.74, 6) is 0.599. The Morgan fingerprint density at radius 3 is 3.03 bits per heavy atom. The molecule has 4 rings (SSSR count). The predicted molar refractivity (Wildman–Crippen MR) is 114 cm³/mol. The van der Waals surface area contributed by atoms with Crippen molar-refractivity contribution in [2.45, 2.75) is 25.5 Å². The van der Waals surface area contributed by atoms with Gasteiger partial charge in [0.2, 0.25) is 0 Å². The van der Waals surface area contributed by atoms with Crippen molar-refractivity contribution in [3.05, 3.63) is 52.4 Å². The molecule has 1 unspecified atom stereocenters. The Labute approximate surface area is 179 Å². The molecule has 0 bridgehead atoms. The zero-order valence-corrected chi connectivity index (χ0v) is 17.5. The molecule has 29 heavy (non-hydrogen) atoms. The quantitative estimate of drug-likeness (QED) is 0.559. The third-order valence-electron chi connectivity index (χ3n) is 4.92. The number of hydrogen-bond donors (Lipinski definition) is 1. The molecule has 0 saturated carbocycles. The van der Waals surface area contributed by atoms with Crippen molar-refractivity contribution in [2.75, 3.05) is 20.3 Å². The van der Waals surface area contributed by atoms with Crippen LogP contribution in [0.3, 0.4) is 0 Å². The molecule has 2 fully saturated rings. The van der Waals surface area contributed by atoms with E-state index in [1.807, 2.05) is 18.2 Å². The molecule has 7 nitrogen and oxygen atoms in total. The Bertz CT molecular complexity index is 968. The van der Waals surface area contributed by atoms with E-state index in [9.17, 15) is 4.79 Å². The lowest BCUT2D eigenvalue weighted by atomic mass is 10.1. The van der Waals surface area contributed by atoms with Crippen LogP contribution in [0.5, 0.6) is 5.75 Å². The van der Waals surface area contributed by atoms with Crippen molar-refractivity contribution >= 4 is 40.9 Å². The van der Waals surface area contributed by atoms with Crippen LogP contribution < -0.4 is 10.1 Å². The van der Waals surface area contributed by atoms with Gasteiger partial charge in [0.25, 0.3) is 5.91 Å². The molecule has 0 radical (unpaired) electrons. The van der Waals surface area contributed by atoms with Crippen molar-refractivity contribution in [1.82, 2.24) is 20.0 Å². The van der Waals surface area contributed by atoms with E-state index in [1.165, 1.54) is 0 Å². The highest BCUT2D eigenvalue weighted by Crippen LogP contribution is 2.24. The van der Waals surface area contributed by atoms with E-state index in [0.717, 1.165) is 36.3 Å². The number of halogens is 1. The molecule has 0 spiro atoms. The fraction of sp³-hybridized carbons (Fsp3) is 0.350. The fourth-order valence-electron chi connectivity index (χ4n) is 3.51. The van der Waals surface area contributed by atoms with Gasteiger partial charge in [0.05, 0.1) is 37.5 Å². The molecule has 2 aliphatic heterocycles. The number of amides is 1. The molecular weight excluding hydrogens is 412 g/mol. The molecule has 2 aromatic rings. The Hall–Kier alpha value is -2.42. The van der Waals surface area contributed by atoms with E-state index in [-0.39, 0.29) is 12.0 Å². The minimum atomic E-state index is -0.137. The number of rotatable bonds is 6. The second-order valence-electron chi connectivity index (χ2n) is 6.97. The molecule has 1 atom stereocenters. The smallest absolute Gasteiger partial charge is 0.276 e. The number of carbonyl (C=O) groups is 1. The molecule has 2 saturated heterocycles. The molecule has 1 N–H and O–H groups in total. The topological polar surface area (TPSA) is 68.6 Å². The van der Waals surface area contributed by atoms with Gasteiger partial charge in [-0.3, -0.25) is 14.4 Å². The highest BCUT2D eigenvalue weighted by Gasteiger charge is 2.33. The van der Waals surface area contributed by atoms with Crippen LogP contribution in [0.4, 0.5) is 0 Å². The second-order valence-corrected chi connectivity index (χ2v) is 7.79. The average Bonchev–Trinajstić information content (AvgIpc) is 3.41. The normalized spacial score (nSPS) is 20.6. The average molecular weight is 433 g/mol. The lowest BCUT2D eigenvalue weighted by Gasteiger charge is -2.18. The zero-order chi connectivity index (χ0) is 20.4. The summed E-state index contributed by atoms with van der Waals surface area (Å²) in [6, 6.07) is 5.73. The first kappa shape index (κ1) is 19.9. The van der Waals surface area contributed by atoms with Crippen LogP contribution in [0.2, 0.25) is 5.02 Å². The van der Waals surface area contributed by atoms with Crippen molar-refractivity contribution < 1.29 is 14.3 Å². The summed E-state index contributed by atoms with van der Waals surface area (Å²) < 4.78 is 12.8. The lowest BCUT2D eigenvalue weighted by molar-refractivity contribution is -0.123. The fourth-order valence-corrected chi connectivity index (χ4v) is 3.93. The predicted octanol–water partition coefficient (Wildman–Crippen LogP) is 2.83. The van der Waals surface area contributed by atoms with E-state index in [2.05, 4.69) is 10.4 Å². The standard InChI is InChI=1S/C20H21ClN4O3S/c1-27-18-5-4-13(7-14(18)10-24-11-15(21)9-22-24)8-17-19(26)25(20(29)23-17)12-16-3-2-6-28-16/h4-5,7-9,11,16H,2-3,6,10,12H2,1H3,(H,23,29)/b17-8+. The molecule has 152 valence electrons. The number of ether oxygens (including phenoxy) is 2. The lowest BCUT2D eigenvalue weighted by Crippen LogP contribution is -2.37. The van der Waals surface area contributed by atoms with Gasteiger partial charge in [-0.05, 0) is 48.8 Å². The number of aromatic nitrogens is 2. The number of benzene rings is 1. The van der Waals surface area contributed by atoms with Gasteiger partial charge in [-0.15, -0.1) is 0 Å². The summed E-state index contributed by atoms with van der Waals surface area (Å²) in [6.45, 7) is 1.72. The minimum Gasteiger partial charge on any atom is -0.496 e. The summed E-state index contributed by atoms with van der Waals surface area (Å²) in [5, 5.41) is 8.22. The van der Waals surface area contributed by atoms with Crippen molar-refractivity contribution in [1.29, 1.82) is 0 Å². The van der Waals surface area contributed by atoms with E-state index in [4.69, 9.17) is 33.3 Å². The molecule has 2 aliphatic rings. The summed E-state index contributed by atoms with van der Waals surface area (Å²) in [6.07, 6.45) is 7.14. The van der Waals surface area contributed by atoms with Crippen molar-refractivity contribution in [3.63, 3.8) is 0 Å². The summed E-state index contributed by atoms with van der Waals surface area (Å²) in [5.41, 5.74) is 2.23. The molecule has 1 aromatic heterocycles. The highest BCUT2D eigenvalue weighted by molar-refractivity contribution is 7.80. The Morgan fingerprint density at radius 2 is 2.34 bits per heavy atom. The molecule has 0 aliphatic carbocycles. The zero-order valence-electron chi connectivity index (χ0n) is 15.9. The first-order chi connectivity index (χ1) is 14.0. The van der Waals surface area contributed by atoms with Gasteiger partial charge in [-0.1, -0.05) is 17.7 Å². The van der Waals surface area contributed by atoms with Gasteiger partial charge >= 0.3 is 0 Å². The van der Waals surface area contributed by atoms with Crippen molar-refractivity contribution in [2.24, 2.45) is 0 Å². The van der Waals surface area contributed by atoms with Crippen LogP contribution in [0.1, 0.15) is 24.0 Å². The van der Waals surface area contributed by atoms with Gasteiger partial charge in [0.1, 0.15) is 11.4 Å². The third kappa shape index (κ3) is 4.44. The highest BCUT2D eigenvalue weighted by atomic mass is 35.5. The van der Waals surface area contributed by atoms with Crippen LogP contribution in [0, 0.1) is 0 Å². The summed E-state index contributed by atoms with van der Waals surface area (Å²) >= 11 is 11.3. The molecule has 1 amide bonds. The maximum atomic E-state index is 12.8. The summed E-state index contributed by atoms with van der Waals surface area (Å²) in [4.78, 5) is 14.4. The Morgan fingerprint density at radius 1 is 1.48 bits per heavy atom. The number of nitrogens with zero attached hydrogens (tertiary/aromatic N) is 3. The first-order valence-corrected chi connectivity index (χ1v) is 10.1. The van der Waals surface area contributed by atoms with Crippen molar-refractivity contribution in [3.8, 4) is 5.75 Å².